The highest BCUT2D eigenvalue weighted by Crippen LogP contribution is 2.40. The van der Waals surface area contributed by atoms with E-state index in [4.69, 9.17) is 4.74 Å². The summed E-state index contributed by atoms with van der Waals surface area (Å²) in [6.07, 6.45) is -0.284. The first kappa shape index (κ1) is 17.8. The Hall–Kier alpha value is -2.06. The molecule has 1 heterocycles. The quantitative estimate of drug-likeness (QED) is 0.783. The van der Waals surface area contributed by atoms with E-state index >= 15 is 0 Å². The van der Waals surface area contributed by atoms with Crippen molar-refractivity contribution in [2.75, 3.05) is 10.0 Å². The van der Waals surface area contributed by atoms with Gasteiger partial charge in [-0.15, -0.1) is 0 Å². The first-order valence-electron chi connectivity index (χ1n) is 7.70. The number of benzene rings is 2. The molecule has 25 heavy (non-hydrogen) atoms. The van der Waals surface area contributed by atoms with Crippen molar-refractivity contribution in [3.8, 4) is 5.75 Å². The van der Waals surface area contributed by atoms with E-state index in [2.05, 4.69) is 26.0 Å². The normalized spacial score (nSPS) is 16.6. The summed E-state index contributed by atoms with van der Waals surface area (Å²) >= 11 is 3.28. The number of ether oxygens (including phenoxy) is 1. The molecule has 1 atom stereocenters. The first-order chi connectivity index (χ1) is 11.8. The van der Waals surface area contributed by atoms with Crippen LogP contribution in [0.4, 0.5) is 11.4 Å². The molecule has 2 aromatic carbocycles. The van der Waals surface area contributed by atoms with Crippen LogP contribution in [-0.4, -0.2) is 20.4 Å². The van der Waals surface area contributed by atoms with Crippen molar-refractivity contribution in [2.24, 2.45) is 0 Å². The van der Waals surface area contributed by atoms with Crippen LogP contribution in [0.15, 0.2) is 45.8 Å². The van der Waals surface area contributed by atoms with Crippen molar-refractivity contribution < 1.29 is 17.9 Å². The number of halogens is 1. The maximum absolute atomic E-state index is 12.9. The molecule has 0 aromatic heterocycles. The number of carbonyl (C=O) groups is 1. The lowest BCUT2D eigenvalue weighted by atomic mass is 10.2. The Kier molecular flexibility index (Phi) is 4.75. The minimum atomic E-state index is -3.90. The molecule has 2 aromatic rings. The highest BCUT2D eigenvalue weighted by molar-refractivity contribution is 9.10. The van der Waals surface area contributed by atoms with Gasteiger partial charge >= 0.3 is 0 Å². The molecule has 132 valence electrons. The number of hydrogen-bond donors (Lipinski definition) is 2. The van der Waals surface area contributed by atoms with Crippen LogP contribution in [0.25, 0.3) is 0 Å². The molecule has 1 amide bonds. The van der Waals surface area contributed by atoms with Crippen molar-refractivity contribution in [2.45, 2.75) is 31.3 Å². The number of fused-ring (bicyclic) bond motifs is 1. The lowest BCUT2D eigenvalue weighted by molar-refractivity contribution is -0.123. The van der Waals surface area contributed by atoms with Crippen LogP contribution in [0.2, 0.25) is 0 Å². The van der Waals surface area contributed by atoms with Gasteiger partial charge in [-0.25, -0.2) is 8.42 Å². The smallest absolute Gasteiger partial charge is 0.265 e. The summed E-state index contributed by atoms with van der Waals surface area (Å²) < 4.78 is 34.5. The molecule has 0 bridgehead atoms. The molecule has 8 heteroatoms. The topological polar surface area (TPSA) is 84.5 Å². The number of nitrogens with one attached hydrogen (secondary N) is 2. The molecule has 0 aliphatic carbocycles. The number of sulfonamides is 1. The van der Waals surface area contributed by atoms with E-state index in [0.29, 0.717) is 22.3 Å². The molecule has 0 saturated carbocycles. The second-order valence-corrected chi connectivity index (χ2v) is 8.32. The Labute approximate surface area is 154 Å². The molecule has 0 fully saturated rings. The molecule has 6 nitrogen and oxygen atoms in total. The molecule has 0 spiro atoms. The summed E-state index contributed by atoms with van der Waals surface area (Å²) in [6.45, 7) is 3.72. The molecule has 1 aliphatic rings. The highest BCUT2D eigenvalue weighted by Gasteiger charge is 2.32. The number of amides is 1. The van der Waals surface area contributed by atoms with Gasteiger partial charge in [-0.3, -0.25) is 9.52 Å². The van der Waals surface area contributed by atoms with Gasteiger partial charge in [0.25, 0.3) is 15.9 Å². The van der Waals surface area contributed by atoms with Crippen LogP contribution in [0.1, 0.15) is 18.9 Å². The fraction of sp³-hybridized carbons (Fsp3) is 0.235. The standard InChI is InChI=1S/C17H17BrN2O4S/c1-3-14-17(21)19-13-8-11(18)9-15(16(13)24-14)25(22,23)20-12-6-4-10(2)5-7-12/h4-9,14,20H,3H2,1-2H3,(H,19,21). The van der Waals surface area contributed by atoms with E-state index in [1.54, 1.807) is 25.1 Å². The first-order valence-corrected chi connectivity index (χ1v) is 9.98. The van der Waals surface area contributed by atoms with Crippen molar-refractivity contribution in [1.82, 2.24) is 0 Å². The number of anilines is 2. The Balaban J connectivity index is 2.04. The van der Waals surface area contributed by atoms with Gasteiger partial charge in [0.05, 0.1) is 5.69 Å². The number of aryl methyl sites for hydroxylation is 1. The van der Waals surface area contributed by atoms with E-state index in [0.717, 1.165) is 5.56 Å². The average Bonchev–Trinajstić information content (AvgIpc) is 2.55. The summed E-state index contributed by atoms with van der Waals surface area (Å²) in [6, 6.07) is 10.1. The lowest BCUT2D eigenvalue weighted by Gasteiger charge is -2.27. The predicted octanol–water partition coefficient (Wildman–Crippen LogP) is 3.67. The van der Waals surface area contributed by atoms with Gasteiger partial charge in [-0.2, -0.15) is 0 Å². The van der Waals surface area contributed by atoms with Crippen LogP contribution in [0, 0.1) is 6.92 Å². The summed E-state index contributed by atoms with van der Waals surface area (Å²) in [7, 11) is -3.90. The van der Waals surface area contributed by atoms with Gasteiger partial charge in [0, 0.05) is 10.2 Å². The lowest BCUT2D eigenvalue weighted by Crippen LogP contribution is -2.37. The van der Waals surface area contributed by atoms with Crippen LogP contribution >= 0.6 is 15.9 Å². The zero-order chi connectivity index (χ0) is 18.2. The molecule has 3 rings (SSSR count). The zero-order valence-corrected chi connectivity index (χ0v) is 16.1. The fourth-order valence-electron chi connectivity index (χ4n) is 2.49. The summed E-state index contributed by atoms with van der Waals surface area (Å²) in [5.41, 5.74) is 1.80. The fourth-order valence-corrected chi connectivity index (χ4v) is 4.34. The summed E-state index contributed by atoms with van der Waals surface area (Å²) in [5, 5.41) is 2.70. The van der Waals surface area contributed by atoms with Crippen LogP contribution in [-0.2, 0) is 14.8 Å². The van der Waals surface area contributed by atoms with Gasteiger partial charge in [0.1, 0.15) is 4.90 Å². The molecule has 1 aliphatic heterocycles. The molecule has 2 N–H and O–H groups in total. The van der Waals surface area contributed by atoms with E-state index in [1.807, 2.05) is 19.1 Å². The van der Waals surface area contributed by atoms with Gasteiger partial charge in [0.15, 0.2) is 11.9 Å². The van der Waals surface area contributed by atoms with Crippen molar-refractivity contribution in [3.63, 3.8) is 0 Å². The highest BCUT2D eigenvalue weighted by atomic mass is 79.9. The third kappa shape index (κ3) is 3.64. The second-order valence-electron chi connectivity index (χ2n) is 5.76. The Morgan fingerprint density at radius 3 is 2.56 bits per heavy atom. The molecule has 0 radical (unpaired) electrons. The second kappa shape index (κ2) is 6.68. The minimum Gasteiger partial charge on any atom is -0.477 e. The molecular weight excluding hydrogens is 408 g/mol. The third-order valence-corrected chi connectivity index (χ3v) is 5.64. The number of rotatable bonds is 4. The third-order valence-electron chi connectivity index (χ3n) is 3.79. The summed E-state index contributed by atoms with van der Waals surface area (Å²) in [5.74, 6) is -0.141. The van der Waals surface area contributed by atoms with Crippen molar-refractivity contribution >= 4 is 43.2 Å². The zero-order valence-electron chi connectivity index (χ0n) is 13.7. The summed E-state index contributed by atoms with van der Waals surface area (Å²) in [4.78, 5) is 11.9. The van der Waals surface area contributed by atoms with E-state index in [-0.39, 0.29) is 16.6 Å². The monoisotopic (exact) mass is 424 g/mol. The maximum atomic E-state index is 12.9. The van der Waals surface area contributed by atoms with Crippen molar-refractivity contribution in [3.05, 3.63) is 46.4 Å². The predicted molar refractivity (Wildman–Crippen MR) is 99.5 cm³/mol. The van der Waals surface area contributed by atoms with Crippen LogP contribution in [0.3, 0.4) is 0 Å². The van der Waals surface area contributed by atoms with Crippen LogP contribution in [0.5, 0.6) is 5.75 Å². The molecule has 1 unspecified atom stereocenters. The molecular formula is C17H17BrN2O4S. The van der Waals surface area contributed by atoms with Gasteiger partial charge in [-0.05, 0) is 37.6 Å². The largest absolute Gasteiger partial charge is 0.477 e. The van der Waals surface area contributed by atoms with E-state index in [9.17, 15) is 13.2 Å². The Bertz CT molecular complexity index is 926. The maximum Gasteiger partial charge on any atom is 0.265 e. The number of carbonyl (C=O) groups excluding carboxylic acids is 1. The average molecular weight is 425 g/mol. The van der Waals surface area contributed by atoms with Gasteiger partial charge in [0.2, 0.25) is 0 Å². The van der Waals surface area contributed by atoms with Crippen LogP contribution < -0.4 is 14.8 Å². The van der Waals surface area contributed by atoms with E-state index < -0.39 is 16.1 Å². The van der Waals surface area contributed by atoms with Crippen molar-refractivity contribution in [1.29, 1.82) is 0 Å². The molecule has 0 saturated heterocycles. The van der Waals surface area contributed by atoms with Gasteiger partial charge in [-0.1, -0.05) is 40.5 Å². The van der Waals surface area contributed by atoms with E-state index in [1.165, 1.54) is 6.07 Å². The Morgan fingerprint density at radius 2 is 1.92 bits per heavy atom. The van der Waals surface area contributed by atoms with Gasteiger partial charge < -0.3 is 10.1 Å². The minimum absolute atomic E-state index is 0.0316. The number of hydrogen-bond acceptors (Lipinski definition) is 4. The Morgan fingerprint density at radius 1 is 1.24 bits per heavy atom. The SMILES string of the molecule is CCC1Oc2c(cc(Br)cc2S(=O)(=O)Nc2ccc(C)cc2)NC1=O.